The molecule has 0 aromatic carbocycles. The molecule has 0 spiro atoms. The summed E-state index contributed by atoms with van der Waals surface area (Å²) in [6.07, 6.45) is 10.3. The van der Waals surface area contributed by atoms with Crippen LogP contribution in [0, 0.1) is 11.3 Å². The molecule has 1 heterocycles. The maximum absolute atomic E-state index is 12.5. The molecule has 0 aliphatic heterocycles. The van der Waals surface area contributed by atoms with Crippen LogP contribution in [0.5, 0.6) is 0 Å². The number of nitrogens with one attached hydrogen (secondary N) is 2. The van der Waals surface area contributed by atoms with Crippen molar-refractivity contribution in [3.8, 4) is 0 Å². The van der Waals surface area contributed by atoms with Crippen LogP contribution in [-0.2, 0) is 17.6 Å². The quantitative estimate of drug-likeness (QED) is 0.484. The molecule has 1 aromatic heterocycles. The van der Waals surface area contributed by atoms with Gasteiger partial charge in [0, 0.05) is 10.9 Å². The van der Waals surface area contributed by atoms with Crippen LogP contribution >= 0.6 is 23.6 Å². The zero-order chi connectivity index (χ0) is 20.3. The molecule has 6 heteroatoms. The van der Waals surface area contributed by atoms with Gasteiger partial charge in [0.2, 0.25) is 0 Å². The van der Waals surface area contributed by atoms with E-state index in [-0.39, 0.29) is 5.97 Å². The number of hydrogen-bond acceptors (Lipinski definition) is 4. The third-order valence-electron chi connectivity index (χ3n) is 6.01. The average molecular weight is 423 g/mol. The molecule has 1 saturated carbocycles. The molecule has 0 radical (unpaired) electrons. The lowest BCUT2D eigenvalue weighted by Crippen LogP contribution is -2.44. The number of methoxy groups -OCH3 is 1. The molecule has 2 aliphatic rings. The summed E-state index contributed by atoms with van der Waals surface area (Å²) in [6, 6.07) is 0.376. The number of rotatable bonds is 3. The second-order valence-corrected chi connectivity index (χ2v) is 10.8. The number of thiophene rings is 1. The average Bonchev–Trinajstić information content (AvgIpc) is 2.88. The lowest BCUT2D eigenvalue weighted by molar-refractivity contribution is 0.0601. The first kappa shape index (κ1) is 21.6. The summed E-state index contributed by atoms with van der Waals surface area (Å²) >= 11 is 7.32. The minimum atomic E-state index is -0.254. The highest BCUT2D eigenvalue weighted by Crippen LogP contribution is 2.39. The number of fused-ring (bicyclic) bond motifs is 1. The van der Waals surface area contributed by atoms with Crippen molar-refractivity contribution in [2.24, 2.45) is 11.3 Å². The summed E-state index contributed by atoms with van der Waals surface area (Å²) in [5.41, 5.74) is 2.21. The number of carbonyl (C=O) groups excluding carboxylic acids is 1. The van der Waals surface area contributed by atoms with Gasteiger partial charge in [-0.2, -0.15) is 0 Å². The monoisotopic (exact) mass is 422 g/mol. The first-order chi connectivity index (χ1) is 13.3. The van der Waals surface area contributed by atoms with Crippen LogP contribution in [0.25, 0.3) is 0 Å². The summed E-state index contributed by atoms with van der Waals surface area (Å²) < 4.78 is 5.11. The van der Waals surface area contributed by atoms with E-state index in [1.54, 1.807) is 11.3 Å². The smallest absolute Gasteiger partial charge is 0.341 e. The topological polar surface area (TPSA) is 50.4 Å². The first-order valence-electron chi connectivity index (χ1n) is 10.6. The molecule has 2 aliphatic carbocycles. The molecule has 0 saturated heterocycles. The zero-order valence-corrected chi connectivity index (χ0v) is 19.3. The van der Waals surface area contributed by atoms with Gasteiger partial charge in [0.1, 0.15) is 5.00 Å². The van der Waals surface area contributed by atoms with Gasteiger partial charge in [-0.1, -0.05) is 33.6 Å². The fourth-order valence-corrected chi connectivity index (χ4v) is 6.72. The Morgan fingerprint density at radius 1 is 1.18 bits per heavy atom. The van der Waals surface area contributed by atoms with Gasteiger partial charge in [0.15, 0.2) is 5.11 Å². The molecule has 1 aromatic rings. The van der Waals surface area contributed by atoms with E-state index in [9.17, 15) is 4.79 Å². The van der Waals surface area contributed by atoms with Crippen molar-refractivity contribution < 1.29 is 9.53 Å². The highest BCUT2D eigenvalue weighted by atomic mass is 32.1. The van der Waals surface area contributed by atoms with Gasteiger partial charge in [0.05, 0.1) is 12.7 Å². The lowest BCUT2D eigenvalue weighted by Gasteiger charge is -2.39. The summed E-state index contributed by atoms with van der Waals surface area (Å²) in [6.45, 7) is 6.99. The fourth-order valence-electron chi connectivity index (χ4n) is 5.11. The maximum atomic E-state index is 12.5. The van der Waals surface area contributed by atoms with E-state index in [1.165, 1.54) is 43.2 Å². The molecule has 28 heavy (non-hydrogen) atoms. The number of thiocarbonyl (C=S) groups is 1. The van der Waals surface area contributed by atoms with Crippen molar-refractivity contribution in [3.05, 3.63) is 16.0 Å². The Kier molecular flexibility index (Phi) is 7.02. The normalized spacial score (nSPS) is 24.4. The van der Waals surface area contributed by atoms with Crippen LogP contribution in [0.4, 0.5) is 5.00 Å². The largest absolute Gasteiger partial charge is 0.465 e. The Labute approximate surface area is 178 Å². The summed E-state index contributed by atoms with van der Waals surface area (Å²) in [4.78, 5) is 13.9. The standard InChI is InChI=1S/C22H34N2O2S2/c1-14-11-15(13-22(2,3)12-14)23-21(27)24-19-18(20(25)26-4)16-9-7-5-6-8-10-17(16)28-19/h14-15H,5-13H2,1-4H3,(H2,23,24,27). The third kappa shape index (κ3) is 5.26. The van der Waals surface area contributed by atoms with Gasteiger partial charge in [-0.3, -0.25) is 0 Å². The van der Waals surface area contributed by atoms with Crippen molar-refractivity contribution in [3.63, 3.8) is 0 Å². The van der Waals surface area contributed by atoms with Crippen molar-refractivity contribution in [1.29, 1.82) is 0 Å². The number of carbonyl (C=O) groups is 1. The van der Waals surface area contributed by atoms with Crippen LogP contribution in [0.3, 0.4) is 0 Å². The second-order valence-electron chi connectivity index (χ2n) is 9.32. The second kappa shape index (κ2) is 9.12. The minimum Gasteiger partial charge on any atom is -0.465 e. The SMILES string of the molecule is COC(=O)c1c(NC(=S)NC2CC(C)CC(C)(C)C2)sc2c1CCCCCC2. The Balaban J connectivity index is 1.76. The molecule has 3 rings (SSSR count). The van der Waals surface area contributed by atoms with E-state index in [1.807, 2.05) is 0 Å². The van der Waals surface area contributed by atoms with E-state index in [0.717, 1.165) is 37.1 Å². The van der Waals surface area contributed by atoms with Crippen LogP contribution in [0.2, 0.25) is 0 Å². The molecular formula is C22H34N2O2S2. The molecule has 0 bridgehead atoms. The number of ether oxygens (including phenoxy) is 1. The van der Waals surface area contributed by atoms with Crippen LogP contribution < -0.4 is 10.6 Å². The van der Waals surface area contributed by atoms with Crippen molar-refractivity contribution >= 4 is 39.6 Å². The number of anilines is 1. The highest BCUT2D eigenvalue weighted by Gasteiger charge is 2.32. The fraction of sp³-hybridized carbons (Fsp3) is 0.727. The number of esters is 1. The lowest BCUT2D eigenvalue weighted by atomic mass is 9.71. The Hall–Kier alpha value is -1.14. The van der Waals surface area contributed by atoms with Crippen molar-refractivity contribution in [1.82, 2.24) is 5.32 Å². The molecule has 2 atom stereocenters. The minimum absolute atomic E-state index is 0.254. The molecule has 1 fully saturated rings. The van der Waals surface area contributed by atoms with Gasteiger partial charge < -0.3 is 15.4 Å². The Morgan fingerprint density at radius 3 is 2.57 bits per heavy atom. The van der Waals surface area contributed by atoms with Gasteiger partial charge in [-0.15, -0.1) is 11.3 Å². The Bertz CT molecular complexity index is 726. The van der Waals surface area contributed by atoms with Crippen molar-refractivity contribution in [2.45, 2.75) is 84.6 Å². The molecule has 0 amide bonds. The predicted molar refractivity (Wildman–Crippen MR) is 121 cm³/mol. The van der Waals surface area contributed by atoms with Gasteiger partial charge in [0.25, 0.3) is 0 Å². The van der Waals surface area contributed by atoms with E-state index < -0.39 is 0 Å². The molecule has 4 nitrogen and oxygen atoms in total. The van der Waals surface area contributed by atoms with E-state index in [4.69, 9.17) is 17.0 Å². The van der Waals surface area contributed by atoms with Crippen LogP contribution in [0.1, 0.15) is 86.5 Å². The predicted octanol–water partition coefficient (Wildman–Crippen LogP) is 5.69. The maximum Gasteiger partial charge on any atom is 0.341 e. The summed E-state index contributed by atoms with van der Waals surface area (Å²) in [5.74, 6) is 0.437. The number of hydrogen-bond donors (Lipinski definition) is 2. The molecule has 156 valence electrons. The zero-order valence-electron chi connectivity index (χ0n) is 17.7. The molecule has 2 unspecified atom stereocenters. The van der Waals surface area contributed by atoms with E-state index in [0.29, 0.717) is 28.1 Å². The first-order valence-corrected chi connectivity index (χ1v) is 11.8. The highest BCUT2D eigenvalue weighted by molar-refractivity contribution is 7.80. The van der Waals surface area contributed by atoms with Gasteiger partial charge in [-0.05, 0) is 74.1 Å². The van der Waals surface area contributed by atoms with E-state index in [2.05, 4.69) is 31.4 Å². The molecule has 2 N–H and O–H groups in total. The van der Waals surface area contributed by atoms with E-state index >= 15 is 0 Å². The number of aryl methyl sites for hydroxylation is 1. The van der Waals surface area contributed by atoms with Crippen LogP contribution in [-0.4, -0.2) is 24.2 Å². The van der Waals surface area contributed by atoms with Crippen molar-refractivity contribution in [2.75, 3.05) is 12.4 Å². The van der Waals surface area contributed by atoms with Gasteiger partial charge >= 0.3 is 5.97 Å². The third-order valence-corrected chi connectivity index (χ3v) is 7.44. The van der Waals surface area contributed by atoms with Crippen LogP contribution in [0.15, 0.2) is 0 Å². The Morgan fingerprint density at radius 2 is 1.89 bits per heavy atom. The summed E-state index contributed by atoms with van der Waals surface area (Å²) in [7, 11) is 1.46. The van der Waals surface area contributed by atoms with Gasteiger partial charge in [-0.25, -0.2) is 4.79 Å². The summed E-state index contributed by atoms with van der Waals surface area (Å²) in [5, 5.41) is 8.34. The molecular weight excluding hydrogens is 388 g/mol.